The molecule has 0 aliphatic carbocycles. The molecule has 0 aliphatic rings. The van der Waals surface area contributed by atoms with Gasteiger partial charge in [-0.25, -0.2) is 4.98 Å². The average molecular weight is 435 g/mol. The van der Waals surface area contributed by atoms with Gasteiger partial charge in [0.05, 0.1) is 17.6 Å². The molecule has 0 amide bonds. The van der Waals surface area contributed by atoms with Gasteiger partial charge in [0.2, 0.25) is 0 Å². The van der Waals surface area contributed by atoms with Gasteiger partial charge in [0.1, 0.15) is 11.6 Å². The molecule has 3 aromatic carbocycles. The van der Waals surface area contributed by atoms with Gasteiger partial charge in [-0.15, -0.1) is 0 Å². The molecule has 28 heavy (non-hydrogen) atoms. The highest BCUT2D eigenvalue weighted by Gasteiger charge is 2.12. The van der Waals surface area contributed by atoms with E-state index in [4.69, 9.17) is 9.72 Å². The van der Waals surface area contributed by atoms with Crippen molar-refractivity contribution in [1.29, 1.82) is 0 Å². The zero-order chi connectivity index (χ0) is 19.3. The van der Waals surface area contributed by atoms with E-state index in [0.717, 1.165) is 52.0 Å². The molecular formula is C24H23BrN2O. The molecule has 0 unspecified atom stereocenters. The van der Waals surface area contributed by atoms with Gasteiger partial charge in [0, 0.05) is 16.6 Å². The van der Waals surface area contributed by atoms with E-state index >= 15 is 0 Å². The van der Waals surface area contributed by atoms with Gasteiger partial charge >= 0.3 is 0 Å². The van der Waals surface area contributed by atoms with E-state index in [2.05, 4.69) is 82.0 Å². The molecule has 1 heterocycles. The normalized spacial score (nSPS) is 11.1. The zero-order valence-electron chi connectivity index (χ0n) is 15.9. The quantitative estimate of drug-likeness (QED) is 0.310. The van der Waals surface area contributed by atoms with Crippen LogP contribution in [0, 0.1) is 0 Å². The number of para-hydroxylation sites is 2. The second-order valence-corrected chi connectivity index (χ2v) is 7.70. The molecule has 0 aliphatic heterocycles. The minimum absolute atomic E-state index is 0.676. The first-order valence-electron chi connectivity index (χ1n) is 9.67. The molecule has 0 saturated heterocycles. The molecule has 0 fully saturated rings. The third kappa shape index (κ3) is 4.12. The van der Waals surface area contributed by atoms with Crippen LogP contribution in [-0.4, -0.2) is 16.2 Å². The molecular weight excluding hydrogens is 412 g/mol. The Morgan fingerprint density at radius 2 is 1.79 bits per heavy atom. The van der Waals surface area contributed by atoms with Crippen molar-refractivity contribution in [2.75, 3.05) is 6.61 Å². The Balaban J connectivity index is 1.51. The Bertz CT molecular complexity index is 1070. The molecule has 0 spiro atoms. The van der Waals surface area contributed by atoms with Gasteiger partial charge in [0.25, 0.3) is 0 Å². The van der Waals surface area contributed by atoms with Gasteiger partial charge in [-0.1, -0.05) is 59.3 Å². The smallest absolute Gasteiger partial charge is 0.141 e. The molecule has 4 rings (SSSR count). The van der Waals surface area contributed by atoms with Crippen molar-refractivity contribution in [1.82, 2.24) is 9.55 Å². The summed E-state index contributed by atoms with van der Waals surface area (Å²) in [5, 5.41) is 0. The first-order valence-corrected chi connectivity index (χ1v) is 10.5. The SMILES string of the molecule is CCc1ccc(OCCCn2c(-c3cccc(Br)c3)nc3ccccc32)cc1. The van der Waals surface area contributed by atoms with Crippen LogP contribution in [0.15, 0.2) is 77.3 Å². The second kappa shape index (κ2) is 8.61. The summed E-state index contributed by atoms with van der Waals surface area (Å²) in [6.07, 6.45) is 1.96. The highest BCUT2D eigenvalue weighted by molar-refractivity contribution is 9.10. The Morgan fingerprint density at radius 3 is 2.57 bits per heavy atom. The standard InChI is InChI=1S/C24H23BrN2O/c1-2-18-11-13-21(14-12-18)28-16-6-15-27-23-10-4-3-9-22(23)26-24(27)19-7-5-8-20(25)17-19/h3-5,7-14,17H,2,6,15-16H2,1H3. The van der Waals surface area contributed by atoms with Gasteiger partial charge in [-0.3, -0.25) is 0 Å². The van der Waals surface area contributed by atoms with Crippen LogP contribution >= 0.6 is 15.9 Å². The Labute approximate surface area is 174 Å². The third-order valence-corrected chi connectivity index (χ3v) is 5.36. The predicted octanol–water partition coefficient (Wildman–Crippen LogP) is 6.50. The van der Waals surface area contributed by atoms with Crippen LogP contribution in [0.2, 0.25) is 0 Å². The lowest BCUT2D eigenvalue weighted by Gasteiger charge is -2.11. The Kier molecular flexibility index (Phi) is 5.77. The van der Waals surface area contributed by atoms with Gasteiger partial charge in [-0.05, 0) is 54.8 Å². The monoisotopic (exact) mass is 434 g/mol. The Morgan fingerprint density at radius 1 is 0.964 bits per heavy atom. The predicted molar refractivity (Wildman–Crippen MR) is 119 cm³/mol. The maximum absolute atomic E-state index is 5.94. The first-order chi connectivity index (χ1) is 13.7. The van der Waals surface area contributed by atoms with Crippen molar-refractivity contribution in [3.8, 4) is 17.1 Å². The number of aromatic nitrogens is 2. The molecule has 0 N–H and O–H groups in total. The van der Waals surface area contributed by atoms with Gasteiger partial charge in [-0.2, -0.15) is 0 Å². The lowest BCUT2D eigenvalue weighted by Crippen LogP contribution is -2.06. The number of hydrogen-bond donors (Lipinski definition) is 0. The molecule has 3 nitrogen and oxygen atoms in total. The molecule has 142 valence electrons. The third-order valence-electron chi connectivity index (χ3n) is 4.86. The zero-order valence-corrected chi connectivity index (χ0v) is 17.5. The lowest BCUT2D eigenvalue weighted by atomic mass is 10.2. The fraction of sp³-hybridized carbons (Fsp3) is 0.208. The van der Waals surface area contributed by atoms with Gasteiger partial charge < -0.3 is 9.30 Å². The summed E-state index contributed by atoms with van der Waals surface area (Å²) in [6, 6.07) is 25.0. The molecule has 4 heteroatoms. The lowest BCUT2D eigenvalue weighted by molar-refractivity contribution is 0.303. The second-order valence-electron chi connectivity index (χ2n) is 6.79. The molecule has 0 saturated carbocycles. The fourth-order valence-electron chi connectivity index (χ4n) is 3.38. The topological polar surface area (TPSA) is 27.1 Å². The average Bonchev–Trinajstić information content (AvgIpc) is 3.10. The van der Waals surface area contributed by atoms with Crippen molar-refractivity contribution in [2.45, 2.75) is 26.3 Å². The molecule has 1 aromatic heterocycles. The van der Waals surface area contributed by atoms with E-state index in [9.17, 15) is 0 Å². The van der Waals surface area contributed by atoms with Crippen molar-refractivity contribution >= 4 is 27.0 Å². The fourth-order valence-corrected chi connectivity index (χ4v) is 3.78. The van der Waals surface area contributed by atoms with E-state index in [0.29, 0.717) is 6.61 Å². The highest BCUT2D eigenvalue weighted by atomic mass is 79.9. The van der Waals surface area contributed by atoms with E-state index in [1.54, 1.807) is 0 Å². The van der Waals surface area contributed by atoms with Gasteiger partial charge in [0.15, 0.2) is 0 Å². The number of halogens is 1. The number of benzene rings is 3. The van der Waals surface area contributed by atoms with E-state index < -0.39 is 0 Å². The summed E-state index contributed by atoms with van der Waals surface area (Å²) in [5.74, 6) is 1.93. The van der Waals surface area contributed by atoms with Crippen LogP contribution in [-0.2, 0) is 13.0 Å². The maximum atomic E-state index is 5.94. The van der Waals surface area contributed by atoms with Crippen molar-refractivity contribution < 1.29 is 4.74 Å². The van der Waals surface area contributed by atoms with Crippen molar-refractivity contribution in [3.05, 3.63) is 82.8 Å². The number of aryl methyl sites for hydroxylation is 2. The summed E-state index contributed by atoms with van der Waals surface area (Å²) >= 11 is 3.57. The maximum Gasteiger partial charge on any atom is 0.141 e. The van der Waals surface area contributed by atoms with Crippen LogP contribution in [0.25, 0.3) is 22.4 Å². The summed E-state index contributed by atoms with van der Waals surface area (Å²) < 4.78 is 9.29. The van der Waals surface area contributed by atoms with Crippen LogP contribution in [0.4, 0.5) is 0 Å². The van der Waals surface area contributed by atoms with Crippen LogP contribution in [0.1, 0.15) is 18.9 Å². The number of hydrogen-bond acceptors (Lipinski definition) is 2. The first kappa shape index (κ1) is 18.8. The van der Waals surface area contributed by atoms with E-state index in [1.165, 1.54) is 5.56 Å². The van der Waals surface area contributed by atoms with Crippen LogP contribution in [0.5, 0.6) is 5.75 Å². The minimum Gasteiger partial charge on any atom is -0.494 e. The van der Waals surface area contributed by atoms with E-state index in [1.807, 2.05) is 18.2 Å². The molecule has 0 atom stereocenters. The number of imidazole rings is 1. The summed E-state index contributed by atoms with van der Waals surface area (Å²) in [4.78, 5) is 4.88. The molecule has 4 aromatic rings. The largest absolute Gasteiger partial charge is 0.494 e. The minimum atomic E-state index is 0.676. The summed E-state index contributed by atoms with van der Waals surface area (Å²) in [7, 11) is 0. The molecule has 0 bridgehead atoms. The highest BCUT2D eigenvalue weighted by Crippen LogP contribution is 2.27. The van der Waals surface area contributed by atoms with Crippen LogP contribution in [0.3, 0.4) is 0 Å². The number of ether oxygens (including phenoxy) is 1. The summed E-state index contributed by atoms with van der Waals surface area (Å²) in [5.41, 5.74) is 4.62. The van der Waals surface area contributed by atoms with E-state index in [-0.39, 0.29) is 0 Å². The van der Waals surface area contributed by atoms with Crippen molar-refractivity contribution in [3.63, 3.8) is 0 Å². The summed E-state index contributed by atoms with van der Waals surface area (Å²) in [6.45, 7) is 3.69. The van der Waals surface area contributed by atoms with Crippen LogP contribution < -0.4 is 4.74 Å². The molecule has 0 radical (unpaired) electrons. The van der Waals surface area contributed by atoms with Crippen molar-refractivity contribution in [2.24, 2.45) is 0 Å². The number of nitrogens with zero attached hydrogens (tertiary/aromatic N) is 2. The number of fused-ring (bicyclic) bond motifs is 1. The number of rotatable bonds is 7. The Hall–Kier alpha value is -2.59.